The van der Waals surface area contributed by atoms with E-state index in [1.165, 1.54) is 6.07 Å². The number of carbonyl (C=O) groups is 1. The lowest BCUT2D eigenvalue weighted by molar-refractivity contribution is -0.137. The summed E-state index contributed by atoms with van der Waals surface area (Å²) >= 11 is 0. The normalized spacial score (nSPS) is 16.7. The molecule has 7 heteroatoms. The highest BCUT2D eigenvalue weighted by Gasteiger charge is 2.37. The Labute approximate surface area is 154 Å². The van der Waals surface area contributed by atoms with E-state index in [1.807, 2.05) is 32.0 Å². The first kappa shape index (κ1) is 17.6. The molecule has 0 atom stereocenters. The van der Waals surface area contributed by atoms with Crippen LogP contribution in [0.1, 0.15) is 31.4 Å². The van der Waals surface area contributed by atoms with Crippen LogP contribution < -0.4 is 4.90 Å². The topological polar surface area (TPSA) is 49.0 Å². The Kier molecular flexibility index (Phi) is 3.63. The Morgan fingerprint density at radius 3 is 2.63 bits per heavy atom. The van der Waals surface area contributed by atoms with Crippen molar-refractivity contribution in [1.29, 1.82) is 0 Å². The van der Waals surface area contributed by atoms with Crippen LogP contribution in [-0.4, -0.2) is 22.9 Å². The van der Waals surface area contributed by atoms with Crippen molar-refractivity contribution in [3.8, 4) is 11.4 Å². The van der Waals surface area contributed by atoms with Crippen LogP contribution in [0.25, 0.3) is 22.4 Å². The molecular weight excluding hydrogens is 355 g/mol. The smallest absolute Gasteiger partial charge is 0.338 e. The molecule has 1 N–H and O–H groups in total. The third-order valence-corrected chi connectivity index (χ3v) is 5.13. The quantitative estimate of drug-likeness (QED) is 0.660. The van der Waals surface area contributed by atoms with Gasteiger partial charge in [0.2, 0.25) is 5.91 Å². The number of hydrogen-bond donors (Lipinski definition) is 1. The van der Waals surface area contributed by atoms with E-state index in [2.05, 4.69) is 9.97 Å². The fraction of sp³-hybridized carbons (Fsp3) is 0.300. The Morgan fingerprint density at radius 2 is 1.93 bits per heavy atom. The van der Waals surface area contributed by atoms with Crippen LogP contribution >= 0.6 is 0 Å². The molecule has 0 bridgehead atoms. The Balaban J connectivity index is 1.91. The average molecular weight is 373 g/mol. The monoisotopic (exact) mass is 373 g/mol. The second-order valence-electron chi connectivity index (χ2n) is 7.53. The van der Waals surface area contributed by atoms with Crippen LogP contribution in [0.2, 0.25) is 0 Å². The summed E-state index contributed by atoms with van der Waals surface area (Å²) in [6, 6.07) is 9.13. The van der Waals surface area contributed by atoms with Gasteiger partial charge >= 0.3 is 6.18 Å². The van der Waals surface area contributed by atoms with Crippen molar-refractivity contribution in [2.75, 3.05) is 11.9 Å². The number of nitrogens with one attached hydrogen (secondary N) is 1. The number of imidazole rings is 1. The highest BCUT2D eigenvalue weighted by Crippen LogP contribution is 2.44. The third kappa shape index (κ3) is 2.78. The number of benzene rings is 2. The van der Waals surface area contributed by atoms with Crippen molar-refractivity contribution < 1.29 is 18.0 Å². The molecule has 0 aliphatic carbocycles. The molecule has 2 heterocycles. The number of para-hydroxylation sites is 1. The molecule has 0 fully saturated rings. The zero-order valence-electron chi connectivity index (χ0n) is 15.1. The van der Waals surface area contributed by atoms with Gasteiger partial charge < -0.3 is 9.88 Å². The standard InChI is InChI=1S/C20H18F3N3O/c1-19(2)10-16(27)26(3)17-12(5-4-6-13(17)19)18-24-14-8-7-11(20(21,22)23)9-15(14)25-18/h4-9H,10H2,1-3H3,(H,24,25). The van der Waals surface area contributed by atoms with Crippen LogP contribution in [0.15, 0.2) is 36.4 Å². The molecule has 1 aromatic heterocycles. The molecule has 0 spiro atoms. The van der Waals surface area contributed by atoms with Crippen LogP contribution in [-0.2, 0) is 16.4 Å². The number of fused-ring (bicyclic) bond motifs is 2. The summed E-state index contributed by atoms with van der Waals surface area (Å²) in [6.07, 6.45) is -4.02. The SMILES string of the molecule is CN1C(=O)CC(C)(C)c2cccc(-c3nc4cc(C(F)(F)F)ccc4[nH]3)c21. The summed E-state index contributed by atoms with van der Waals surface area (Å²) in [5, 5.41) is 0. The molecule has 27 heavy (non-hydrogen) atoms. The van der Waals surface area contributed by atoms with E-state index in [-0.39, 0.29) is 16.8 Å². The van der Waals surface area contributed by atoms with E-state index in [9.17, 15) is 18.0 Å². The number of nitrogens with zero attached hydrogens (tertiary/aromatic N) is 2. The molecule has 3 aromatic rings. The number of anilines is 1. The van der Waals surface area contributed by atoms with E-state index in [4.69, 9.17) is 0 Å². The molecule has 0 saturated heterocycles. The van der Waals surface area contributed by atoms with E-state index in [0.717, 1.165) is 23.4 Å². The van der Waals surface area contributed by atoms with E-state index in [0.29, 0.717) is 23.3 Å². The number of amides is 1. The van der Waals surface area contributed by atoms with Gasteiger partial charge in [0.15, 0.2) is 0 Å². The van der Waals surface area contributed by atoms with Gasteiger partial charge in [-0.15, -0.1) is 0 Å². The number of aromatic amines is 1. The van der Waals surface area contributed by atoms with Gasteiger partial charge in [0.25, 0.3) is 0 Å². The number of rotatable bonds is 1. The average Bonchev–Trinajstić information content (AvgIpc) is 3.01. The molecule has 4 rings (SSSR count). The fourth-order valence-electron chi connectivity index (χ4n) is 3.67. The van der Waals surface area contributed by atoms with Crippen molar-refractivity contribution in [2.24, 2.45) is 0 Å². The number of carbonyl (C=O) groups excluding carboxylic acids is 1. The fourth-order valence-corrected chi connectivity index (χ4v) is 3.67. The minimum absolute atomic E-state index is 0.00424. The molecule has 1 amide bonds. The first-order chi connectivity index (χ1) is 12.6. The molecule has 0 saturated carbocycles. The lowest BCUT2D eigenvalue weighted by atomic mass is 9.76. The molecular formula is C20H18F3N3O. The number of H-pyrrole nitrogens is 1. The lowest BCUT2D eigenvalue weighted by Gasteiger charge is -2.37. The van der Waals surface area contributed by atoms with Gasteiger partial charge in [-0.25, -0.2) is 4.98 Å². The van der Waals surface area contributed by atoms with Gasteiger partial charge in [0, 0.05) is 24.4 Å². The van der Waals surface area contributed by atoms with Gasteiger partial charge in [-0.1, -0.05) is 26.0 Å². The summed E-state index contributed by atoms with van der Waals surface area (Å²) < 4.78 is 38.9. The maximum atomic E-state index is 13.0. The molecule has 1 aliphatic rings. The summed E-state index contributed by atoms with van der Waals surface area (Å²) in [7, 11) is 1.71. The molecule has 2 aromatic carbocycles. The minimum Gasteiger partial charge on any atom is -0.338 e. The molecule has 0 radical (unpaired) electrons. The van der Waals surface area contributed by atoms with Gasteiger partial charge in [-0.3, -0.25) is 4.79 Å². The first-order valence-electron chi connectivity index (χ1n) is 8.55. The minimum atomic E-state index is -4.42. The van der Waals surface area contributed by atoms with Crippen LogP contribution in [0.5, 0.6) is 0 Å². The maximum absolute atomic E-state index is 13.0. The Bertz CT molecular complexity index is 1070. The zero-order chi connectivity index (χ0) is 19.6. The van der Waals surface area contributed by atoms with E-state index in [1.54, 1.807) is 11.9 Å². The van der Waals surface area contributed by atoms with E-state index < -0.39 is 11.7 Å². The summed E-state index contributed by atoms with van der Waals surface area (Å²) in [6.45, 7) is 4.02. The highest BCUT2D eigenvalue weighted by atomic mass is 19.4. The van der Waals surface area contributed by atoms with E-state index >= 15 is 0 Å². The Morgan fingerprint density at radius 1 is 1.19 bits per heavy atom. The third-order valence-electron chi connectivity index (χ3n) is 5.13. The molecule has 4 nitrogen and oxygen atoms in total. The van der Waals surface area contributed by atoms with Crippen molar-refractivity contribution in [3.05, 3.63) is 47.5 Å². The van der Waals surface area contributed by atoms with Gasteiger partial charge in [0.1, 0.15) is 5.82 Å². The predicted octanol–water partition coefficient (Wildman–Crippen LogP) is 4.89. The van der Waals surface area contributed by atoms with Crippen molar-refractivity contribution in [1.82, 2.24) is 9.97 Å². The largest absolute Gasteiger partial charge is 0.416 e. The van der Waals surface area contributed by atoms with Crippen LogP contribution in [0, 0.1) is 0 Å². The van der Waals surface area contributed by atoms with Crippen LogP contribution in [0.3, 0.4) is 0 Å². The molecule has 1 aliphatic heterocycles. The van der Waals surface area contributed by atoms with Gasteiger partial charge in [0.05, 0.1) is 22.3 Å². The summed E-state index contributed by atoms with van der Waals surface area (Å²) in [5.41, 5.74) is 2.13. The number of aromatic nitrogens is 2. The number of halogens is 3. The maximum Gasteiger partial charge on any atom is 0.416 e. The van der Waals surface area contributed by atoms with Crippen molar-refractivity contribution >= 4 is 22.6 Å². The van der Waals surface area contributed by atoms with Crippen molar-refractivity contribution in [2.45, 2.75) is 31.9 Å². The molecule has 140 valence electrons. The second-order valence-corrected chi connectivity index (χ2v) is 7.53. The summed E-state index contributed by atoms with van der Waals surface area (Å²) in [4.78, 5) is 21.5. The Hall–Kier alpha value is -2.83. The zero-order valence-corrected chi connectivity index (χ0v) is 15.1. The second kappa shape index (κ2) is 5.58. The van der Waals surface area contributed by atoms with Gasteiger partial charge in [-0.2, -0.15) is 13.2 Å². The number of alkyl halides is 3. The van der Waals surface area contributed by atoms with Gasteiger partial charge in [-0.05, 0) is 29.8 Å². The molecule has 0 unspecified atom stereocenters. The lowest BCUT2D eigenvalue weighted by Crippen LogP contribution is -2.39. The summed E-state index contributed by atoms with van der Waals surface area (Å²) in [5.74, 6) is 0.439. The number of hydrogen-bond acceptors (Lipinski definition) is 2. The highest BCUT2D eigenvalue weighted by molar-refractivity contribution is 6.01. The van der Waals surface area contributed by atoms with Crippen LogP contribution in [0.4, 0.5) is 18.9 Å². The predicted molar refractivity (Wildman–Crippen MR) is 97.6 cm³/mol. The first-order valence-corrected chi connectivity index (χ1v) is 8.55. The van der Waals surface area contributed by atoms with Crippen molar-refractivity contribution in [3.63, 3.8) is 0 Å².